The molecule has 2 heterocycles. The number of aromatic nitrogens is 2. The molecule has 2 atom stereocenters. The van der Waals surface area contributed by atoms with Crippen LogP contribution in [0.3, 0.4) is 0 Å². The first-order valence-electron chi connectivity index (χ1n) is 6.52. The van der Waals surface area contributed by atoms with Crippen molar-refractivity contribution in [2.45, 2.75) is 32.5 Å². The maximum atomic E-state index is 9.26. The molecule has 1 aliphatic heterocycles. The molecule has 2 unspecified atom stereocenters. The molecule has 7 heteroatoms. The van der Waals surface area contributed by atoms with Gasteiger partial charge in [-0.3, -0.25) is 0 Å². The Balaban J connectivity index is 2.24. The van der Waals surface area contributed by atoms with Crippen LogP contribution >= 0.6 is 0 Å². The lowest BCUT2D eigenvalue weighted by Crippen LogP contribution is -2.48. The summed E-state index contributed by atoms with van der Waals surface area (Å²) in [6.07, 6.45) is 0.615. The molecular formula is C12H21N5O2. The van der Waals surface area contributed by atoms with Crippen molar-refractivity contribution in [2.24, 2.45) is 5.84 Å². The molecule has 2 rings (SSSR count). The molecule has 0 bridgehead atoms. The average Bonchev–Trinajstić information content (AvgIpc) is 2.45. The second-order valence-electron chi connectivity index (χ2n) is 4.68. The van der Waals surface area contributed by atoms with Crippen molar-refractivity contribution in [3.8, 4) is 0 Å². The highest BCUT2D eigenvalue weighted by molar-refractivity contribution is 5.49. The van der Waals surface area contributed by atoms with Crippen molar-refractivity contribution in [3.63, 3.8) is 0 Å². The fourth-order valence-corrected chi connectivity index (χ4v) is 2.21. The molecule has 1 saturated heterocycles. The Bertz CT molecular complexity index is 406. The van der Waals surface area contributed by atoms with Crippen molar-refractivity contribution < 1.29 is 9.84 Å². The molecule has 1 fully saturated rings. The molecule has 19 heavy (non-hydrogen) atoms. The number of aliphatic hydroxyl groups is 1. The predicted molar refractivity (Wildman–Crippen MR) is 72.9 cm³/mol. The monoisotopic (exact) mass is 267 g/mol. The van der Waals surface area contributed by atoms with E-state index in [1.54, 1.807) is 0 Å². The Hall–Kier alpha value is -1.44. The van der Waals surface area contributed by atoms with Gasteiger partial charge in [-0.2, -0.15) is 0 Å². The van der Waals surface area contributed by atoms with E-state index in [9.17, 15) is 5.11 Å². The van der Waals surface area contributed by atoms with Gasteiger partial charge in [-0.1, -0.05) is 6.92 Å². The Kier molecular flexibility index (Phi) is 4.52. The van der Waals surface area contributed by atoms with Crippen molar-refractivity contribution in [3.05, 3.63) is 11.9 Å². The minimum atomic E-state index is -0.182. The van der Waals surface area contributed by atoms with Crippen LogP contribution < -0.4 is 16.2 Å². The van der Waals surface area contributed by atoms with E-state index in [4.69, 9.17) is 10.6 Å². The smallest absolute Gasteiger partial charge is 0.145 e. The maximum Gasteiger partial charge on any atom is 0.145 e. The molecule has 106 valence electrons. The molecular weight excluding hydrogens is 246 g/mol. The first-order chi connectivity index (χ1) is 9.16. The lowest BCUT2D eigenvalue weighted by molar-refractivity contribution is -0.0423. The number of rotatable bonds is 4. The number of aryl methyl sites for hydroxylation is 1. The molecule has 4 N–H and O–H groups in total. The molecule has 0 aliphatic carbocycles. The third kappa shape index (κ3) is 3.31. The molecule has 0 saturated carbocycles. The number of nitrogens with zero attached hydrogens (tertiary/aromatic N) is 3. The minimum Gasteiger partial charge on any atom is -0.394 e. The van der Waals surface area contributed by atoms with E-state index in [1.165, 1.54) is 0 Å². The zero-order valence-electron chi connectivity index (χ0n) is 11.3. The summed E-state index contributed by atoms with van der Waals surface area (Å²) in [5, 5.41) is 9.26. The summed E-state index contributed by atoms with van der Waals surface area (Å²) in [5.41, 5.74) is 2.56. The van der Waals surface area contributed by atoms with E-state index < -0.39 is 0 Å². The zero-order chi connectivity index (χ0) is 13.8. The van der Waals surface area contributed by atoms with Crippen molar-refractivity contribution in [2.75, 3.05) is 30.0 Å². The van der Waals surface area contributed by atoms with Crippen LogP contribution in [-0.4, -0.2) is 47.0 Å². The van der Waals surface area contributed by atoms with E-state index in [0.29, 0.717) is 12.4 Å². The molecule has 0 aromatic carbocycles. The van der Waals surface area contributed by atoms with Crippen LogP contribution in [0.2, 0.25) is 0 Å². The fourth-order valence-electron chi connectivity index (χ4n) is 2.21. The van der Waals surface area contributed by atoms with Gasteiger partial charge in [0.25, 0.3) is 0 Å². The number of aliphatic hydroxyl groups excluding tert-OH is 1. The fraction of sp³-hybridized carbons (Fsp3) is 0.667. The van der Waals surface area contributed by atoms with Gasteiger partial charge in [-0.15, -0.1) is 0 Å². The highest BCUT2D eigenvalue weighted by Crippen LogP contribution is 2.20. The predicted octanol–water partition coefficient (Wildman–Crippen LogP) is -0.0894. The average molecular weight is 267 g/mol. The van der Waals surface area contributed by atoms with Crippen molar-refractivity contribution >= 4 is 11.6 Å². The highest BCUT2D eigenvalue weighted by atomic mass is 16.5. The SMILES string of the molecule is CCc1nc(NN)cc(N2CC(C)OC(CO)C2)n1. The number of ether oxygens (including phenoxy) is 1. The Morgan fingerprint density at radius 2 is 2.32 bits per heavy atom. The Labute approximate surface area is 112 Å². The number of morpholine rings is 1. The first kappa shape index (κ1) is 14.0. The van der Waals surface area contributed by atoms with Crippen LogP contribution in [0, 0.1) is 0 Å². The zero-order valence-corrected chi connectivity index (χ0v) is 11.3. The summed E-state index contributed by atoms with van der Waals surface area (Å²) >= 11 is 0. The van der Waals surface area contributed by atoms with Gasteiger partial charge in [-0.05, 0) is 6.92 Å². The Morgan fingerprint density at radius 1 is 1.53 bits per heavy atom. The van der Waals surface area contributed by atoms with Crippen LogP contribution in [0.5, 0.6) is 0 Å². The minimum absolute atomic E-state index is 0.00849. The largest absolute Gasteiger partial charge is 0.394 e. The second-order valence-corrected chi connectivity index (χ2v) is 4.68. The van der Waals surface area contributed by atoms with Gasteiger partial charge in [0.15, 0.2) is 0 Å². The number of hydrogen-bond donors (Lipinski definition) is 3. The van der Waals surface area contributed by atoms with Crippen LogP contribution in [0.1, 0.15) is 19.7 Å². The van der Waals surface area contributed by atoms with E-state index in [-0.39, 0.29) is 18.8 Å². The number of nitrogens with one attached hydrogen (secondary N) is 1. The van der Waals surface area contributed by atoms with Crippen LogP contribution in [0.4, 0.5) is 11.6 Å². The van der Waals surface area contributed by atoms with Gasteiger partial charge in [0.2, 0.25) is 0 Å². The van der Waals surface area contributed by atoms with E-state index in [0.717, 1.165) is 24.6 Å². The summed E-state index contributed by atoms with van der Waals surface area (Å²) in [4.78, 5) is 10.9. The number of anilines is 2. The molecule has 1 aromatic rings. The third-order valence-corrected chi connectivity index (χ3v) is 3.08. The summed E-state index contributed by atoms with van der Waals surface area (Å²) in [6, 6.07) is 1.81. The molecule has 7 nitrogen and oxygen atoms in total. The third-order valence-electron chi connectivity index (χ3n) is 3.08. The first-order valence-corrected chi connectivity index (χ1v) is 6.52. The van der Waals surface area contributed by atoms with Gasteiger partial charge in [0.05, 0.1) is 18.8 Å². The van der Waals surface area contributed by atoms with Crippen LogP contribution in [0.15, 0.2) is 6.07 Å². The lowest BCUT2D eigenvalue weighted by atomic mass is 10.2. The highest BCUT2D eigenvalue weighted by Gasteiger charge is 2.26. The van der Waals surface area contributed by atoms with Gasteiger partial charge in [0.1, 0.15) is 17.5 Å². The number of nitrogens with two attached hydrogens (primary N) is 1. The summed E-state index contributed by atoms with van der Waals surface area (Å²) in [5.74, 6) is 7.58. The standard InChI is InChI=1S/C12H21N5O2/c1-3-10-14-11(16-13)4-12(15-10)17-5-8(2)19-9(6-17)7-18/h4,8-9,18H,3,5-7,13H2,1-2H3,(H,14,15,16). The lowest BCUT2D eigenvalue weighted by Gasteiger charge is -2.36. The topological polar surface area (TPSA) is 96.5 Å². The Morgan fingerprint density at radius 3 is 2.95 bits per heavy atom. The summed E-state index contributed by atoms with van der Waals surface area (Å²) in [7, 11) is 0. The maximum absolute atomic E-state index is 9.26. The molecule has 1 aromatic heterocycles. The number of hydrazine groups is 1. The van der Waals surface area contributed by atoms with Crippen molar-refractivity contribution in [1.82, 2.24) is 9.97 Å². The molecule has 0 radical (unpaired) electrons. The van der Waals surface area contributed by atoms with E-state index in [1.807, 2.05) is 19.9 Å². The normalized spacial score (nSPS) is 23.5. The quantitative estimate of drug-likeness (QED) is 0.518. The summed E-state index contributed by atoms with van der Waals surface area (Å²) in [6.45, 7) is 5.34. The van der Waals surface area contributed by atoms with Crippen LogP contribution in [0.25, 0.3) is 0 Å². The van der Waals surface area contributed by atoms with Gasteiger partial charge < -0.3 is 20.2 Å². The second kappa shape index (κ2) is 6.14. The van der Waals surface area contributed by atoms with Crippen LogP contribution in [-0.2, 0) is 11.2 Å². The number of hydrogen-bond acceptors (Lipinski definition) is 7. The molecule has 0 amide bonds. The molecule has 1 aliphatic rings. The molecule has 0 spiro atoms. The van der Waals surface area contributed by atoms with E-state index in [2.05, 4.69) is 20.3 Å². The number of nitrogen functional groups attached to an aromatic ring is 1. The van der Waals surface area contributed by atoms with Gasteiger partial charge in [-0.25, -0.2) is 15.8 Å². The van der Waals surface area contributed by atoms with Gasteiger partial charge in [0, 0.05) is 25.6 Å². The van der Waals surface area contributed by atoms with Gasteiger partial charge >= 0.3 is 0 Å². The summed E-state index contributed by atoms with van der Waals surface area (Å²) < 4.78 is 5.62. The van der Waals surface area contributed by atoms with Crippen molar-refractivity contribution in [1.29, 1.82) is 0 Å². The van der Waals surface area contributed by atoms with E-state index >= 15 is 0 Å².